The van der Waals surface area contributed by atoms with Crippen LogP contribution < -0.4 is 0 Å². The first-order valence-electron chi connectivity index (χ1n) is 6.19. The number of carbonyl (C=O) groups is 1. The molecule has 3 atom stereocenters. The number of carboxylic acid groups (broad SMARTS) is 1. The maximum absolute atomic E-state index is 11.0. The number of fused-ring (bicyclic) bond motifs is 1. The molecule has 0 heterocycles. The Hall–Kier alpha value is -1.05. The van der Waals surface area contributed by atoms with E-state index in [2.05, 4.69) is 19.6 Å². The van der Waals surface area contributed by atoms with Gasteiger partial charge in [-0.2, -0.15) is 0 Å². The van der Waals surface area contributed by atoms with Gasteiger partial charge in [0.25, 0.3) is 0 Å². The van der Waals surface area contributed by atoms with Gasteiger partial charge in [-0.1, -0.05) is 24.6 Å². The number of hydrogen-bond donors (Lipinski definition) is 1. The van der Waals surface area contributed by atoms with Crippen LogP contribution in [0.15, 0.2) is 23.8 Å². The lowest BCUT2D eigenvalue weighted by molar-refractivity contribution is -0.133. The molecule has 88 valence electrons. The second-order valence-corrected chi connectivity index (χ2v) is 5.26. The third-order valence-corrected chi connectivity index (χ3v) is 4.21. The van der Waals surface area contributed by atoms with Crippen LogP contribution in [0.3, 0.4) is 0 Å². The van der Waals surface area contributed by atoms with Crippen LogP contribution in [-0.4, -0.2) is 11.1 Å². The molecule has 2 rings (SSSR count). The third-order valence-electron chi connectivity index (χ3n) is 4.21. The lowest BCUT2D eigenvalue weighted by Crippen LogP contribution is -2.32. The first-order valence-corrected chi connectivity index (χ1v) is 6.19. The molecule has 0 radical (unpaired) electrons. The van der Waals surface area contributed by atoms with Crippen LogP contribution in [0, 0.1) is 17.8 Å². The van der Waals surface area contributed by atoms with E-state index in [0.29, 0.717) is 17.4 Å². The Kier molecular flexibility index (Phi) is 3.17. The van der Waals surface area contributed by atoms with Crippen molar-refractivity contribution in [3.8, 4) is 0 Å². The molecular weight excluding hydrogens is 200 g/mol. The number of rotatable bonds is 2. The molecule has 0 aliphatic heterocycles. The highest BCUT2D eigenvalue weighted by Crippen LogP contribution is 2.44. The van der Waals surface area contributed by atoms with E-state index in [1.54, 1.807) is 0 Å². The lowest BCUT2D eigenvalue weighted by atomic mass is 9.65. The van der Waals surface area contributed by atoms with Crippen molar-refractivity contribution in [2.45, 2.75) is 39.0 Å². The molecule has 0 aromatic heterocycles. The van der Waals surface area contributed by atoms with Gasteiger partial charge >= 0.3 is 5.97 Å². The highest BCUT2D eigenvalue weighted by atomic mass is 16.4. The van der Waals surface area contributed by atoms with Gasteiger partial charge < -0.3 is 5.11 Å². The fourth-order valence-electron chi connectivity index (χ4n) is 3.29. The fraction of sp³-hybridized carbons (Fsp3) is 0.643. The minimum atomic E-state index is -0.817. The normalized spacial score (nSPS) is 33.8. The minimum Gasteiger partial charge on any atom is -0.478 e. The Bertz CT molecular complexity index is 341. The quantitative estimate of drug-likeness (QED) is 0.572. The third kappa shape index (κ3) is 2.06. The van der Waals surface area contributed by atoms with E-state index in [0.717, 1.165) is 12.8 Å². The van der Waals surface area contributed by atoms with Gasteiger partial charge in [0.15, 0.2) is 0 Å². The summed E-state index contributed by atoms with van der Waals surface area (Å²) < 4.78 is 0. The summed E-state index contributed by atoms with van der Waals surface area (Å²) in [6, 6.07) is 0. The predicted molar refractivity (Wildman–Crippen MR) is 64.1 cm³/mol. The molecule has 0 aromatic carbocycles. The molecule has 0 bridgehead atoms. The first kappa shape index (κ1) is 11.4. The number of carboxylic acids is 1. The van der Waals surface area contributed by atoms with Crippen LogP contribution >= 0.6 is 0 Å². The summed E-state index contributed by atoms with van der Waals surface area (Å²) in [5.74, 6) is 0.485. The van der Waals surface area contributed by atoms with Crippen LogP contribution in [-0.2, 0) is 4.79 Å². The van der Waals surface area contributed by atoms with Gasteiger partial charge in [0, 0.05) is 5.57 Å². The summed E-state index contributed by atoms with van der Waals surface area (Å²) in [5, 5.41) is 9.07. The van der Waals surface area contributed by atoms with E-state index in [1.165, 1.54) is 24.8 Å². The van der Waals surface area contributed by atoms with Crippen LogP contribution in [0.5, 0.6) is 0 Å². The maximum Gasteiger partial charge on any atom is 0.331 e. The Morgan fingerprint density at radius 1 is 1.44 bits per heavy atom. The van der Waals surface area contributed by atoms with Crippen molar-refractivity contribution >= 4 is 5.97 Å². The maximum atomic E-state index is 11.0. The van der Waals surface area contributed by atoms with Crippen molar-refractivity contribution in [3.05, 3.63) is 23.8 Å². The summed E-state index contributed by atoms with van der Waals surface area (Å²) in [7, 11) is 0. The smallest absolute Gasteiger partial charge is 0.331 e. The van der Waals surface area contributed by atoms with Gasteiger partial charge in [-0.25, -0.2) is 4.79 Å². The molecule has 16 heavy (non-hydrogen) atoms. The number of hydrogen-bond acceptors (Lipinski definition) is 1. The zero-order valence-corrected chi connectivity index (χ0v) is 9.91. The Morgan fingerprint density at radius 3 is 2.88 bits per heavy atom. The van der Waals surface area contributed by atoms with Gasteiger partial charge in [-0.15, -0.1) is 0 Å². The molecule has 0 aromatic rings. The van der Waals surface area contributed by atoms with Gasteiger partial charge in [-0.05, 0) is 50.4 Å². The zero-order chi connectivity index (χ0) is 11.7. The summed E-state index contributed by atoms with van der Waals surface area (Å²) in [6.45, 7) is 5.92. The van der Waals surface area contributed by atoms with E-state index in [9.17, 15) is 4.79 Å². The van der Waals surface area contributed by atoms with Crippen molar-refractivity contribution < 1.29 is 9.90 Å². The van der Waals surface area contributed by atoms with E-state index in [1.807, 2.05) is 0 Å². The van der Waals surface area contributed by atoms with E-state index < -0.39 is 5.97 Å². The number of allylic oxidation sites excluding steroid dienone is 2. The topological polar surface area (TPSA) is 37.3 Å². The molecule has 1 fully saturated rings. The van der Waals surface area contributed by atoms with Gasteiger partial charge in [0.1, 0.15) is 0 Å². The molecule has 0 spiro atoms. The van der Waals surface area contributed by atoms with Crippen LogP contribution in [0.4, 0.5) is 0 Å². The molecule has 2 nitrogen and oxygen atoms in total. The van der Waals surface area contributed by atoms with E-state index >= 15 is 0 Å². The van der Waals surface area contributed by atoms with E-state index in [4.69, 9.17) is 5.11 Å². The summed E-state index contributed by atoms with van der Waals surface area (Å²) in [5.41, 5.74) is 1.84. The first-order chi connectivity index (χ1) is 7.59. The van der Waals surface area contributed by atoms with Gasteiger partial charge in [-0.3, -0.25) is 0 Å². The predicted octanol–water partition coefficient (Wildman–Crippen LogP) is 3.40. The summed E-state index contributed by atoms with van der Waals surface area (Å²) in [4.78, 5) is 11.0. The van der Waals surface area contributed by atoms with Crippen LogP contribution in [0.2, 0.25) is 0 Å². The summed E-state index contributed by atoms with van der Waals surface area (Å²) >= 11 is 0. The van der Waals surface area contributed by atoms with Crippen molar-refractivity contribution in [2.75, 3.05) is 0 Å². The highest BCUT2D eigenvalue weighted by Gasteiger charge is 2.36. The van der Waals surface area contributed by atoms with Crippen molar-refractivity contribution in [2.24, 2.45) is 17.8 Å². The monoisotopic (exact) mass is 220 g/mol. The molecule has 2 aliphatic rings. The average Bonchev–Trinajstić information content (AvgIpc) is 2.27. The largest absolute Gasteiger partial charge is 0.478 e. The zero-order valence-electron chi connectivity index (χ0n) is 9.91. The van der Waals surface area contributed by atoms with Gasteiger partial charge in [0.05, 0.1) is 0 Å². The van der Waals surface area contributed by atoms with Crippen molar-refractivity contribution in [3.63, 3.8) is 0 Å². The fourth-order valence-corrected chi connectivity index (χ4v) is 3.29. The molecule has 1 N–H and O–H groups in total. The Balaban J connectivity index is 2.21. The second kappa shape index (κ2) is 4.44. The van der Waals surface area contributed by atoms with Crippen LogP contribution in [0.25, 0.3) is 0 Å². The summed E-state index contributed by atoms with van der Waals surface area (Å²) in [6.07, 6.45) is 8.15. The molecule has 1 saturated carbocycles. The molecule has 2 aliphatic carbocycles. The molecular formula is C14H20O2. The van der Waals surface area contributed by atoms with Gasteiger partial charge in [0.2, 0.25) is 0 Å². The highest BCUT2D eigenvalue weighted by molar-refractivity contribution is 5.86. The standard InChI is InChI=1S/C14H20O2/c1-9-6-7-11-4-3-5-12(13(11)8-9)10(2)14(15)16/h8,11-13H,2-7H2,1H3,(H,15,16). The van der Waals surface area contributed by atoms with Crippen LogP contribution in [0.1, 0.15) is 39.0 Å². The molecule has 3 unspecified atom stereocenters. The Labute approximate surface area is 97.0 Å². The average molecular weight is 220 g/mol. The SMILES string of the molecule is C=C(C(=O)O)C1CCCC2CCC(C)=CC21. The molecule has 2 heteroatoms. The van der Waals surface area contributed by atoms with Crippen molar-refractivity contribution in [1.29, 1.82) is 0 Å². The number of aliphatic carboxylic acids is 1. The molecule has 0 amide bonds. The lowest BCUT2D eigenvalue weighted by Gasteiger charge is -2.39. The second-order valence-electron chi connectivity index (χ2n) is 5.26. The minimum absolute atomic E-state index is 0.173. The molecule has 0 saturated heterocycles. The van der Waals surface area contributed by atoms with E-state index in [-0.39, 0.29) is 5.92 Å². The van der Waals surface area contributed by atoms with Crippen molar-refractivity contribution in [1.82, 2.24) is 0 Å². The Morgan fingerprint density at radius 2 is 2.19 bits per heavy atom.